The minimum absolute atomic E-state index is 0.0352. The lowest BCUT2D eigenvalue weighted by Crippen LogP contribution is -2.41. The molecule has 1 saturated heterocycles. The van der Waals surface area contributed by atoms with Crippen molar-refractivity contribution in [3.8, 4) is 0 Å². The Kier molecular flexibility index (Phi) is 4.64. The molecule has 4 heteroatoms. The zero-order chi connectivity index (χ0) is 13.8. The number of hydrogen-bond donors (Lipinski definition) is 1. The third-order valence-electron chi connectivity index (χ3n) is 4.18. The van der Waals surface area contributed by atoms with Crippen LogP contribution < -0.4 is 10.9 Å². The van der Waals surface area contributed by atoms with E-state index >= 15 is 0 Å². The first-order chi connectivity index (χ1) is 9.10. The van der Waals surface area contributed by atoms with Gasteiger partial charge in [-0.25, -0.2) is 0 Å². The van der Waals surface area contributed by atoms with Gasteiger partial charge in [0.05, 0.1) is 5.69 Å². The number of likely N-dealkylation sites (tertiary alicyclic amines) is 1. The quantitative estimate of drug-likeness (QED) is 0.902. The van der Waals surface area contributed by atoms with Crippen LogP contribution >= 0.6 is 0 Å². The van der Waals surface area contributed by atoms with Gasteiger partial charge >= 0.3 is 0 Å². The van der Waals surface area contributed by atoms with Crippen LogP contribution in [0.2, 0.25) is 0 Å². The molecule has 2 unspecified atom stereocenters. The molecule has 1 aromatic rings. The van der Waals surface area contributed by atoms with Crippen LogP contribution in [0.1, 0.15) is 26.7 Å². The molecule has 19 heavy (non-hydrogen) atoms. The van der Waals surface area contributed by atoms with Gasteiger partial charge in [-0.3, -0.25) is 4.79 Å². The number of nitrogens with one attached hydrogen (secondary N) is 1. The number of hydrogen-bond acceptors (Lipinski definition) is 3. The minimum atomic E-state index is 0.0352. The van der Waals surface area contributed by atoms with Gasteiger partial charge in [0, 0.05) is 31.9 Å². The van der Waals surface area contributed by atoms with Crippen LogP contribution in [-0.2, 0) is 7.05 Å². The number of aryl methyl sites for hydroxylation is 1. The van der Waals surface area contributed by atoms with Crippen LogP contribution in [0, 0.1) is 5.92 Å². The highest BCUT2D eigenvalue weighted by molar-refractivity contribution is 5.41. The van der Waals surface area contributed by atoms with E-state index in [0.29, 0.717) is 12.0 Å². The number of aromatic nitrogens is 1. The Morgan fingerprint density at radius 1 is 1.47 bits per heavy atom. The second-order valence-corrected chi connectivity index (χ2v) is 5.60. The highest BCUT2D eigenvalue weighted by atomic mass is 16.1. The Balaban J connectivity index is 1.97. The molecule has 1 aliphatic heterocycles. The van der Waals surface area contributed by atoms with E-state index in [0.717, 1.165) is 12.2 Å². The predicted octanol–water partition coefficient (Wildman–Crippen LogP) is 1.92. The van der Waals surface area contributed by atoms with Crippen LogP contribution in [0.5, 0.6) is 0 Å². The van der Waals surface area contributed by atoms with E-state index in [1.54, 1.807) is 17.7 Å². The van der Waals surface area contributed by atoms with Crippen molar-refractivity contribution in [1.29, 1.82) is 0 Å². The van der Waals surface area contributed by atoms with E-state index in [9.17, 15) is 4.79 Å². The molecule has 106 valence electrons. The zero-order valence-electron chi connectivity index (χ0n) is 12.2. The first-order valence-corrected chi connectivity index (χ1v) is 7.25. The molecule has 1 aromatic heterocycles. The molecule has 2 rings (SSSR count). The fraction of sp³-hybridized carbons (Fsp3) is 0.667. The van der Waals surface area contributed by atoms with E-state index in [2.05, 4.69) is 24.1 Å². The smallest absolute Gasteiger partial charge is 0.250 e. The molecule has 1 aliphatic rings. The third kappa shape index (κ3) is 3.60. The second kappa shape index (κ2) is 6.24. The third-order valence-corrected chi connectivity index (χ3v) is 4.18. The summed E-state index contributed by atoms with van der Waals surface area (Å²) in [6.07, 6.45) is 4.45. The van der Waals surface area contributed by atoms with Gasteiger partial charge in [0.25, 0.3) is 0 Å². The molecule has 0 radical (unpaired) electrons. The van der Waals surface area contributed by atoms with E-state index in [-0.39, 0.29) is 5.56 Å². The molecule has 0 bridgehead atoms. The van der Waals surface area contributed by atoms with Crippen molar-refractivity contribution in [3.05, 3.63) is 28.7 Å². The molecule has 2 atom stereocenters. The zero-order valence-corrected chi connectivity index (χ0v) is 12.2. The summed E-state index contributed by atoms with van der Waals surface area (Å²) in [7, 11) is 1.79. The first-order valence-electron chi connectivity index (χ1n) is 7.25. The highest BCUT2D eigenvalue weighted by Crippen LogP contribution is 2.21. The maximum atomic E-state index is 11.4. The SMILES string of the molecule is CCN1CCCC(C(C)Nc2ccc(=O)n(C)c2)C1. The lowest BCUT2D eigenvalue weighted by molar-refractivity contribution is 0.172. The van der Waals surface area contributed by atoms with Gasteiger partial charge < -0.3 is 14.8 Å². The van der Waals surface area contributed by atoms with Crippen molar-refractivity contribution >= 4 is 5.69 Å². The van der Waals surface area contributed by atoms with Gasteiger partial charge in [-0.2, -0.15) is 0 Å². The lowest BCUT2D eigenvalue weighted by Gasteiger charge is -2.35. The van der Waals surface area contributed by atoms with Crippen molar-refractivity contribution in [1.82, 2.24) is 9.47 Å². The number of nitrogens with zero attached hydrogens (tertiary/aromatic N) is 2. The van der Waals surface area contributed by atoms with Crippen LogP contribution in [0.25, 0.3) is 0 Å². The number of rotatable bonds is 4. The standard InChI is InChI=1S/C15H25N3O/c1-4-18-9-5-6-13(10-18)12(2)16-14-7-8-15(19)17(3)11-14/h7-8,11-13,16H,4-6,9-10H2,1-3H3. The van der Waals surface area contributed by atoms with Crippen molar-refractivity contribution in [3.63, 3.8) is 0 Å². The molecular weight excluding hydrogens is 238 g/mol. The summed E-state index contributed by atoms with van der Waals surface area (Å²) in [6, 6.07) is 3.93. The maximum Gasteiger partial charge on any atom is 0.250 e. The molecule has 1 fully saturated rings. The van der Waals surface area contributed by atoms with Crippen LogP contribution in [0.15, 0.2) is 23.1 Å². The predicted molar refractivity (Wildman–Crippen MR) is 79.6 cm³/mol. The molecule has 0 spiro atoms. The van der Waals surface area contributed by atoms with E-state index in [4.69, 9.17) is 0 Å². The molecule has 2 heterocycles. The van der Waals surface area contributed by atoms with Gasteiger partial charge in [0.15, 0.2) is 0 Å². The maximum absolute atomic E-state index is 11.4. The van der Waals surface area contributed by atoms with Crippen LogP contribution in [0.4, 0.5) is 5.69 Å². The summed E-state index contributed by atoms with van der Waals surface area (Å²) in [6.45, 7) is 8.03. The van der Waals surface area contributed by atoms with Gasteiger partial charge in [-0.1, -0.05) is 6.92 Å². The molecular formula is C15H25N3O. The summed E-state index contributed by atoms with van der Waals surface area (Å²) >= 11 is 0. The highest BCUT2D eigenvalue weighted by Gasteiger charge is 2.23. The second-order valence-electron chi connectivity index (χ2n) is 5.60. The summed E-state index contributed by atoms with van der Waals surface area (Å²) in [4.78, 5) is 13.9. The van der Waals surface area contributed by atoms with Gasteiger partial charge in [-0.05, 0) is 44.8 Å². The average molecular weight is 263 g/mol. The summed E-state index contributed by atoms with van der Waals surface area (Å²) in [5, 5.41) is 3.54. The Morgan fingerprint density at radius 3 is 2.95 bits per heavy atom. The Hall–Kier alpha value is -1.29. The minimum Gasteiger partial charge on any atom is -0.381 e. The van der Waals surface area contributed by atoms with Gasteiger partial charge in [0.1, 0.15) is 0 Å². The summed E-state index contributed by atoms with van der Waals surface area (Å²) in [5.41, 5.74) is 1.07. The van der Waals surface area contributed by atoms with Gasteiger partial charge in [0.2, 0.25) is 5.56 Å². The Labute approximate surface area is 115 Å². The molecule has 0 aromatic carbocycles. The Morgan fingerprint density at radius 2 is 2.26 bits per heavy atom. The summed E-state index contributed by atoms with van der Waals surface area (Å²) in [5.74, 6) is 0.686. The fourth-order valence-electron chi connectivity index (χ4n) is 2.85. The van der Waals surface area contributed by atoms with Crippen molar-refractivity contribution in [2.24, 2.45) is 13.0 Å². The first kappa shape index (κ1) is 14.1. The molecule has 1 N–H and O–H groups in total. The van der Waals surface area contributed by atoms with E-state index in [1.807, 2.05) is 12.3 Å². The van der Waals surface area contributed by atoms with Crippen molar-refractivity contribution < 1.29 is 0 Å². The number of piperidine rings is 1. The Bertz CT molecular complexity index is 469. The molecule has 0 amide bonds. The monoisotopic (exact) mass is 263 g/mol. The average Bonchev–Trinajstić information content (AvgIpc) is 2.43. The van der Waals surface area contributed by atoms with Gasteiger partial charge in [-0.15, -0.1) is 0 Å². The number of anilines is 1. The number of pyridine rings is 1. The van der Waals surface area contributed by atoms with E-state index < -0.39 is 0 Å². The topological polar surface area (TPSA) is 37.3 Å². The molecule has 4 nitrogen and oxygen atoms in total. The van der Waals surface area contributed by atoms with Crippen LogP contribution in [0.3, 0.4) is 0 Å². The van der Waals surface area contributed by atoms with Crippen molar-refractivity contribution in [2.75, 3.05) is 25.0 Å². The summed E-state index contributed by atoms with van der Waals surface area (Å²) < 4.78 is 1.62. The van der Waals surface area contributed by atoms with Crippen LogP contribution in [-0.4, -0.2) is 35.1 Å². The normalized spacial score (nSPS) is 22.2. The van der Waals surface area contributed by atoms with E-state index in [1.165, 1.54) is 25.9 Å². The largest absolute Gasteiger partial charge is 0.381 e. The lowest BCUT2D eigenvalue weighted by atomic mass is 9.91. The fourth-order valence-corrected chi connectivity index (χ4v) is 2.85. The molecule has 0 aliphatic carbocycles. The molecule has 0 saturated carbocycles. The van der Waals surface area contributed by atoms with Crippen molar-refractivity contribution in [2.45, 2.75) is 32.7 Å².